The number of nitrogens with two attached hydrogens (primary N) is 1. The van der Waals surface area contributed by atoms with Crippen molar-refractivity contribution in [2.45, 2.75) is 31.7 Å². The Labute approximate surface area is 106 Å². The van der Waals surface area contributed by atoms with E-state index in [-0.39, 0.29) is 12.8 Å². The van der Waals surface area contributed by atoms with Gasteiger partial charge in [-0.25, -0.2) is 0 Å². The average molecular weight is 254 g/mol. The largest absolute Gasteiger partial charge is 0.454 e. The Morgan fingerprint density at radius 1 is 1.18 bits per heavy atom. The highest BCUT2D eigenvalue weighted by Crippen LogP contribution is 2.42. The lowest BCUT2D eigenvalue weighted by Crippen LogP contribution is -2.19. The lowest BCUT2D eigenvalue weighted by Gasteiger charge is -2.20. The molecule has 0 aromatic heterocycles. The van der Waals surface area contributed by atoms with Crippen LogP contribution in [0.25, 0.3) is 0 Å². The zero-order valence-corrected chi connectivity index (χ0v) is 10.4. The predicted octanol–water partition coefficient (Wildman–Crippen LogP) is 3.26. The fourth-order valence-electron chi connectivity index (χ4n) is 2.76. The Morgan fingerprint density at radius 2 is 1.82 bits per heavy atom. The molecule has 92 valence electrons. The Hall–Kier alpha value is -0.930. The summed E-state index contributed by atoms with van der Waals surface area (Å²) >= 11 is 6.27. The standard InChI is InChI=1S/C13H16ClNO2/c14-10-6-12-11(16-7-17-12)5-9(10)13(15)8-3-1-2-4-8/h5-6,8,13H,1-4,7,15H2/t13-/m0/s1. The van der Waals surface area contributed by atoms with E-state index in [9.17, 15) is 0 Å². The predicted molar refractivity (Wildman–Crippen MR) is 66.5 cm³/mol. The molecule has 1 aliphatic carbocycles. The third-order valence-corrected chi connectivity index (χ3v) is 4.09. The van der Waals surface area contributed by atoms with Crippen LogP contribution in [0.3, 0.4) is 0 Å². The Balaban J connectivity index is 1.91. The number of hydrogen-bond donors (Lipinski definition) is 1. The van der Waals surface area contributed by atoms with Gasteiger partial charge in [-0.15, -0.1) is 0 Å². The fourth-order valence-corrected chi connectivity index (χ4v) is 3.04. The number of halogens is 1. The van der Waals surface area contributed by atoms with Gasteiger partial charge in [0.15, 0.2) is 11.5 Å². The molecule has 3 nitrogen and oxygen atoms in total. The maximum absolute atomic E-state index is 6.31. The van der Waals surface area contributed by atoms with Crippen LogP contribution in [-0.4, -0.2) is 6.79 Å². The second kappa shape index (κ2) is 4.39. The number of hydrogen-bond acceptors (Lipinski definition) is 3. The van der Waals surface area contributed by atoms with Crippen molar-refractivity contribution in [2.24, 2.45) is 11.7 Å². The number of fused-ring (bicyclic) bond motifs is 1. The van der Waals surface area contributed by atoms with Crippen LogP contribution in [0.5, 0.6) is 11.5 Å². The third-order valence-electron chi connectivity index (χ3n) is 3.76. The van der Waals surface area contributed by atoms with Gasteiger partial charge in [-0.1, -0.05) is 24.4 Å². The molecule has 0 bridgehead atoms. The molecular weight excluding hydrogens is 238 g/mol. The molecule has 0 saturated heterocycles. The van der Waals surface area contributed by atoms with Gasteiger partial charge in [0.2, 0.25) is 6.79 Å². The molecule has 0 spiro atoms. The zero-order chi connectivity index (χ0) is 11.8. The van der Waals surface area contributed by atoms with Gasteiger partial charge in [0.25, 0.3) is 0 Å². The SMILES string of the molecule is N[C@H](c1cc2c(cc1Cl)OCO2)C1CCCC1. The normalized spacial score (nSPS) is 20.8. The summed E-state index contributed by atoms with van der Waals surface area (Å²) in [5.41, 5.74) is 7.30. The maximum Gasteiger partial charge on any atom is 0.231 e. The van der Waals surface area contributed by atoms with E-state index in [4.69, 9.17) is 26.8 Å². The molecule has 1 heterocycles. The Bertz CT molecular complexity index is 430. The number of benzene rings is 1. The first-order valence-electron chi connectivity index (χ1n) is 6.10. The molecule has 1 aromatic rings. The van der Waals surface area contributed by atoms with E-state index in [1.54, 1.807) is 0 Å². The molecule has 1 saturated carbocycles. The Morgan fingerprint density at radius 3 is 2.53 bits per heavy atom. The second-order valence-corrected chi connectivity index (χ2v) is 5.20. The van der Waals surface area contributed by atoms with Crippen LogP contribution in [0.2, 0.25) is 5.02 Å². The molecule has 2 aliphatic rings. The summed E-state index contributed by atoms with van der Waals surface area (Å²) < 4.78 is 10.7. The molecular formula is C13H16ClNO2. The van der Waals surface area contributed by atoms with Crippen molar-refractivity contribution in [3.05, 3.63) is 22.7 Å². The molecule has 0 amide bonds. The first-order chi connectivity index (χ1) is 8.25. The van der Waals surface area contributed by atoms with Crippen molar-refractivity contribution in [3.8, 4) is 11.5 Å². The quantitative estimate of drug-likeness (QED) is 0.880. The van der Waals surface area contributed by atoms with Crippen LogP contribution in [-0.2, 0) is 0 Å². The summed E-state index contributed by atoms with van der Waals surface area (Å²) in [6.45, 7) is 0.272. The van der Waals surface area contributed by atoms with Gasteiger partial charge < -0.3 is 15.2 Å². The summed E-state index contributed by atoms with van der Waals surface area (Å²) in [6, 6.07) is 3.77. The summed E-state index contributed by atoms with van der Waals surface area (Å²) in [7, 11) is 0. The van der Waals surface area contributed by atoms with Crippen molar-refractivity contribution >= 4 is 11.6 Å². The van der Waals surface area contributed by atoms with Gasteiger partial charge in [-0.2, -0.15) is 0 Å². The van der Waals surface area contributed by atoms with Gasteiger partial charge >= 0.3 is 0 Å². The second-order valence-electron chi connectivity index (χ2n) is 4.80. The lowest BCUT2D eigenvalue weighted by atomic mass is 9.92. The molecule has 17 heavy (non-hydrogen) atoms. The molecule has 0 radical (unpaired) electrons. The smallest absolute Gasteiger partial charge is 0.231 e. The molecule has 3 rings (SSSR count). The lowest BCUT2D eigenvalue weighted by molar-refractivity contribution is 0.174. The minimum atomic E-state index is 0.0134. The van der Waals surface area contributed by atoms with Crippen LogP contribution in [0, 0.1) is 5.92 Å². The molecule has 4 heteroatoms. The Kier molecular flexibility index (Phi) is 2.89. The van der Waals surface area contributed by atoms with E-state index in [1.807, 2.05) is 12.1 Å². The zero-order valence-electron chi connectivity index (χ0n) is 9.62. The van der Waals surface area contributed by atoms with Crippen molar-refractivity contribution in [1.82, 2.24) is 0 Å². The maximum atomic E-state index is 6.31. The molecule has 1 aliphatic heterocycles. The van der Waals surface area contributed by atoms with Crippen LogP contribution in [0.1, 0.15) is 37.3 Å². The van der Waals surface area contributed by atoms with Crippen LogP contribution in [0.15, 0.2) is 12.1 Å². The highest BCUT2D eigenvalue weighted by atomic mass is 35.5. The minimum Gasteiger partial charge on any atom is -0.454 e. The van der Waals surface area contributed by atoms with Crippen LogP contribution >= 0.6 is 11.6 Å². The van der Waals surface area contributed by atoms with Crippen LogP contribution in [0.4, 0.5) is 0 Å². The highest BCUT2D eigenvalue weighted by Gasteiger charge is 2.27. The van der Waals surface area contributed by atoms with E-state index in [2.05, 4.69) is 0 Å². The third kappa shape index (κ3) is 1.98. The van der Waals surface area contributed by atoms with Gasteiger partial charge in [0.1, 0.15) is 0 Å². The first-order valence-corrected chi connectivity index (χ1v) is 6.48. The van der Waals surface area contributed by atoms with Crippen molar-refractivity contribution in [1.29, 1.82) is 0 Å². The van der Waals surface area contributed by atoms with Crippen LogP contribution < -0.4 is 15.2 Å². The summed E-state index contributed by atoms with van der Waals surface area (Å²) in [6.07, 6.45) is 4.96. The van der Waals surface area contributed by atoms with E-state index >= 15 is 0 Å². The van der Waals surface area contributed by atoms with E-state index in [0.717, 1.165) is 17.1 Å². The first kappa shape index (κ1) is 11.2. The van der Waals surface area contributed by atoms with Gasteiger partial charge in [-0.3, -0.25) is 0 Å². The van der Waals surface area contributed by atoms with Gasteiger partial charge in [0.05, 0.1) is 0 Å². The van der Waals surface area contributed by atoms with Gasteiger partial charge in [-0.05, 0) is 30.4 Å². The topological polar surface area (TPSA) is 44.5 Å². The highest BCUT2D eigenvalue weighted by molar-refractivity contribution is 6.31. The van der Waals surface area contributed by atoms with Crippen molar-refractivity contribution in [2.75, 3.05) is 6.79 Å². The summed E-state index contributed by atoms with van der Waals surface area (Å²) in [4.78, 5) is 0. The molecule has 1 aromatic carbocycles. The van der Waals surface area contributed by atoms with Crippen molar-refractivity contribution in [3.63, 3.8) is 0 Å². The number of rotatable bonds is 2. The summed E-state index contributed by atoms with van der Waals surface area (Å²) in [5, 5.41) is 0.689. The van der Waals surface area contributed by atoms with Gasteiger partial charge in [0, 0.05) is 17.1 Å². The van der Waals surface area contributed by atoms with Crippen molar-refractivity contribution < 1.29 is 9.47 Å². The fraction of sp³-hybridized carbons (Fsp3) is 0.538. The van der Waals surface area contributed by atoms with E-state index < -0.39 is 0 Å². The average Bonchev–Trinajstić information content (AvgIpc) is 2.97. The minimum absolute atomic E-state index is 0.0134. The monoisotopic (exact) mass is 253 g/mol. The molecule has 0 unspecified atom stereocenters. The molecule has 1 fully saturated rings. The molecule has 1 atom stereocenters. The molecule has 2 N–H and O–H groups in total. The van der Waals surface area contributed by atoms with E-state index in [0.29, 0.717) is 10.9 Å². The summed E-state index contributed by atoms with van der Waals surface area (Å²) in [5.74, 6) is 2.03. The number of ether oxygens (including phenoxy) is 2. The van der Waals surface area contributed by atoms with E-state index in [1.165, 1.54) is 25.7 Å².